The van der Waals surface area contributed by atoms with E-state index in [-0.39, 0.29) is 0 Å². The van der Waals surface area contributed by atoms with Crippen molar-refractivity contribution in [2.75, 3.05) is 0 Å². The standard InChI is InChI=1S/C10H12BrNO4/c1-2-3-7(10(14)15)12-9(13)6-4-8(11)16-5-6/h4-5,7H,2-3H2,1H3,(H,12,13)(H,14,15). The van der Waals surface area contributed by atoms with Crippen LogP contribution >= 0.6 is 15.9 Å². The van der Waals surface area contributed by atoms with Gasteiger partial charge < -0.3 is 14.8 Å². The normalized spacial score (nSPS) is 12.1. The molecule has 5 nitrogen and oxygen atoms in total. The molecular weight excluding hydrogens is 278 g/mol. The van der Waals surface area contributed by atoms with E-state index in [1.54, 1.807) is 0 Å². The van der Waals surface area contributed by atoms with Crippen molar-refractivity contribution >= 4 is 27.8 Å². The molecule has 0 saturated carbocycles. The number of furan rings is 1. The van der Waals surface area contributed by atoms with Crippen LogP contribution in [0.4, 0.5) is 0 Å². The quantitative estimate of drug-likeness (QED) is 0.869. The average molecular weight is 290 g/mol. The Bertz CT molecular complexity index is 388. The van der Waals surface area contributed by atoms with Crippen molar-refractivity contribution in [3.8, 4) is 0 Å². The third-order valence-corrected chi connectivity index (χ3v) is 2.43. The number of aliphatic carboxylic acids is 1. The number of rotatable bonds is 5. The molecule has 1 rings (SSSR count). The molecule has 1 atom stereocenters. The zero-order valence-corrected chi connectivity index (χ0v) is 10.3. The van der Waals surface area contributed by atoms with Crippen LogP contribution in [0.15, 0.2) is 21.4 Å². The summed E-state index contributed by atoms with van der Waals surface area (Å²) in [5.41, 5.74) is 0.300. The van der Waals surface area contributed by atoms with Gasteiger partial charge in [-0.25, -0.2) is 4.79 Å². The van der Waals surface area contributed by atoms with Gasteiger partial charge in [0, 0.05) is 6.07 Å². The number of carboxylic acids is 1. The van der Waals surface area contributed by atoms with Gasteiger partial charge >= 0.3 is 5.97 Å². The van der Waals surface area contributed by atoms with Gasteiger partial charge in [0.2, 0.25) is 0 Å². The molecule has 2 N–H and O–H groups in total. The number of hydrogen-bond donors (Lipinski definition) is 2. The molecule has 0 aliphatic carbocycles. The van der Waals surface area contributed by atoms with Crippen molar-refractivity contribution in [2.45, 2.75) is 25.8 Å². The fraction of sp³-hybridized carbons (Fsp3) is 0.400. The second kappa shape index (κ2) is 5.69. The van der Waals surface area contributed by atoms with Gasteiger partial charge in [-0.05, 0) is 22.4 Å². The lowest BCUT2D eigenvalue weighted by molar-refractivity contribution is -0.139. The molecule has 0 radical (unpaired) electrons. The molecule has 1 unspecified atom stereocenters. The summed E-state index contributed by atoms with van der Waals surface area (Å²) in [5.74, 6) is -1.48. The lowest BCUT2D eigenvalue weighted by atomic mass is 10.1. The maximum Gasteiger partial charge on any atom is 0.326 e. The Morgan fingerprint density at radius 1 is 1.62 bits per heavy atom. The molecule has 0 aromatic carbocycles. The van der Waals surface area contributed by atoms with Gasteiger partial charge in [0.15, 0.2) is 4.67 Å². The van der Waals surface area contributed by atoms with Gasteiger partial charge in [0.1, 0.15) is 12.3 Å². The Hall–Kier alpha value is -1.30. The number of carboxylic acid groups (broad SMARTS) is 1. The minimum absolute atomic E-state index is 0.300. The first-order valence-electron chi connectivity index (χ1n) is 4.82. The van der Waals surface area contributed by atoms with Crippen molar-refractivity contribution in [2.24, 2.45) is 0 Å². The van der Waals surface area contributed by atoms with E-state index in [9.17, 15) is 9.59 Å². The second-order valence-corrected chi connectivity index (χ2v) is 4.07. The highest BCUT2D eigenvalue weighted by molar-refractivity contribution is 9.10. The van der Waals surface area contributed by atoms with Crippen LogP contribution in [0.1, 0.15) is 30.1 Å². The summed E-state index contributed by atoms with van der Waals surface area (Å²) >= 11 is 3.06. The van der Waals surface area contributed by atoms with E-state index in [0.717, 1.165) is 0 Å². The Morgan fingerprint density at radius 3 is 2.75 bits per heavy atom. The highest BCUT2D eigenvalue weighted by atomic mass is 79.9. The monoisotopic (exact) mass is 289 g/mol. The lowest BCUT2D eigenvalue weighted by Gasteiger charge is -2.12. The third-order valence-electron chi connectivity index (χ3n) is 2.01. The summed E-state index contributed by atoms with van der Waals surface area (Å²) in [6, 6.07) is 0.631. The maximum atomic E-state index is 11.6. The first kappa shape index (κ1) is 12.8. The van der Waals surface area contributed by atoms with Crippen molar-refractivity contribution < 1.29 is 19.1 Å². The highest BCUT2D eigenvalue weighted by Gasteiger charge is 2.20. The second-order valence-electron chi connectivity index (χ2n) is 3.29. The topological polar surface area (TPSA) is 79.5 Å². The van der Waals surface area contributed by atoms with Crippen LogP contribution in [-0.4, -0.2) is 23.0 Å². The minimum atomic E-state index is -1.03. The number of hydrogen-bond acceptors (Lipinski definition) is 3. The molecule has 0 saturated heterocycles. The maximum absolute atomic E-state index is 11.6. The van der Waals surface area contributed by atoms with Crippen LogP contribution < -0.4 is 5.32 Å². The summed E-state index contributed by atoms with van der Waals surface area (Å²) in [6.45, 7) is 1.86. The van der Waals surface area contributed by atoms with Crippen LogP contribution in [0, 0.1) is 0 Å². The Morgan fingerprint density at radius 2 is 2.31 bits per heavy atom. The molecule has 88 valence electrons. The van der Waals surface area contributed by atoms with Crippen molar-refractivity contribution in [3.05, 3.63) is 22.6 Å². The van der Waals surface area contributed by atoms with Crippen LogP contribution in [0.25, 0.3) is 0 Å². The largest absolute Gasteiger partial charge is 0.480 e. The summed E-state index contributed by atoms with van der Waals surface area (Å²) < 4.78 is 5.33. The van der Waals surface area contributed by atoms with E-state index in [0.29, 0.717) is 23.1 Å². The van der Waals surface area contributed by atoms with Crippen LogP contribution in [0.2, 0.25) is 0 Å². The van der Waals surface area contributed by atoms with Crippen LogP contribution in [0.5, 0.6) is 0 Å². The number of carbonyl (C=O) groups is 2. The van der Waals surface area contributed by atoms with E-state index in [1.165, 1.54) is 12.3 Å². The molecule has 0 aliphatic rings. The summed E-state index contributed by atoms with van der Waals surface area (Å²) in [6.07, 6.45) is 2.36. The van der Waals surface area contributed by atoms with E-state index in [1.807, 2.05) is 6.92 Å². The molecule has 1 heterocycles. The molecule has 0 aliphatic heterocycles. The SMILES string of the molecule is CCCC(NC(=O)c1coc(Br)c1)C(=O)O. The van der Waals surface area contributed by atoms with E-state index >= 15 is 0 Å². The number of carbonyl (C=O) groups excluding carboxylic acids is 1. The number of nitrogens with one attached hydrogen (secondary N) is 1. The van der Waals surface area contributed by atoms with Crippen LogP contribution in [-0.2, 0) is 4.79 Å². The minimum Gasteiger partial charge on any atom is -0.480 e. The molecule has 6 heteroatoms. The molecule has 0 fully saturated rings. The average Bonchev–Trinajstić information content (AvgIpc) is 2.64. The van der Waals surface area contributed by atoms with Gasteiger partial charge in [-0.1, -0.05) is 13.3 Å². The van der Waals surface area contributed by atoms with Crippen LogP contribution in [0.3, 0.4) is 0 Å². The first-order valence-corrected chi connectivity index (χ1v) is 5.61. The number of amides is 1. The summed E-state index contributed by atoms with van der Waals surface area (Å²) in [4.78, 5) is 22.4. The zero-order chi connectivity index (χ0) is 12.1. The molecule has 0 bridgehead atoms. The first-order chi connectivity index (χ1) is 7.54. The highest BCUT2D eigenvalue weighted by Crippen LogP contribution is 2.14. The fourth-order valence-corrected chi connectivity index (χ4v) is 1.56. The molecular formula is C10H12BrNO4. The van der Waals surface area contributed by atoms with Crippen molar-refractivity contribution in [3.63, 3.8) is 0 Å². The molecule has 1 aromatic rings. The molecule has 1 aromatic heterocycles. The number of halogens is 1. The summed E-state index contributed by atoms with van der Waals surface area (Å²) in [5, 5.41) is 11.3. The lowest BCUT2D eigenvalue weighted by Crippen LogP contribution is -2.40. The fourth-order valence-electron chi connectivity index (χ4n) is 1.22. The molecule has 1 amide bonds. The van der Waals surface area contributed by atoms with E-state index in [4.69, 9.17) is 9.52 Å². The molecule has 16 heavy (non-hydrogen) atoms. The van der Waals surface area contributed by atoms with Gasteiger partial charge in [0.25, 0.3) is 5.91 Å². The zero-order valence-electron chi connectivity index (χ0n) is 8.70. The van der Waals surface area contributed by atoms with Gasteiger partial charge in [0.05, 0.1) is 5.56 Å². The van der Waals surface area contributed by atoms with Gasteiger partial charge in [-0.2, -0.15) is 0 Å². The van der Waals surface area contributed by atoms with Crippen molar-refractivity contribution in [1.29, 1.82) is 0 Å². The van der Waals surface area contributed by atoms with Crippen molar-refractivity contribution in [1.82, 2.24) is 5.32 Å². The predicted molar refractivity (Wildman–Crippen MR) is 60.2 cm³/mol. The van der Waals surface area contributed by atoms with E-state index in [2.05, 4.69) is 21.2 Å². The third kappa shape index (κ3) is 3.37. The van der Waals surface area contributed by atoms with E-state index < -0.39 is 17.9 Å². The Kier molecular flexibility index (Phi) is 4.54. The smallest absolute Gasteiger partial charge is 0.326 e. The summed E-state index contributed by atoms with van der Waals surface area (Å²) in [7, 11) is 0. The Balaban J connectivity index is 2.65. The predicted octanol–water partition coefficient (Wildman–Crippen LogP) is 2.03. The van der Waals surface area contributed by atoms with Gasteiger partial charge in [-0.15, -0.1) is 0 Å². The molecule has 0 spiro atoms. The Labute approximate surface area is 101 Å². The van der Waals surface area contributed by atoms with Gasteiger partial charge in [-0.3, -0.25) is 4.79 Å².